The Bertz CT molecular complexity index is 506. The Hall–Kier alpha value is -1.40. The molecule has 1 aromatic carbocycles. The van der Waals surface area contributed by atoms with E-state index in [1.807, 2.05) is 0 Å². The number of ether oxygens (including phenoxy) is 1. The molecule has 1 aliphatic rings. The van der Waals surface area contributed by atoms with Crippen molar-refractivity contribution in [3.63, 3.8) is 0 Å². The average molecular weight is 319 g/mol. The summed E-state index contributed by atoms with van der Waals surface area (Å²) in [4.78, 5) is 14.1. The number of nitrogens with two attached hydrogens (primary N) is 1. The standard InChI is InChI=1S/C14H17ClF2N2O2/c15-10-1-2-12(21-14(16)17)11(7-10)13(20)19-5-3-9(8-18)4-6-19/h1-2,7,9,14H,3-6,8,18H2. The Morgan fingerprint density at radius 3 is 2.67 bits per heavy atom. The van der Waals surface area contributed by atoms with Gasteiger partial charge in [0.05, 0.1) is 5.56 Å². The van der Waals surface area contributed by atoms with Crippen LogP contribution in [-0.4, -0.2) is 37.1 Å². The van der Waals surface area contributed by atoms with Crippen LogP contribution in [0.1, 0.15) is 23.2 Å². The number of benzene rings is 1. The number of rotatable bonds is 4. The fraction of sp³-hybridized carbons (Fsp3) is 0.500. The summed E-state index contributed by atoms with van der Waals surface area (Å²) < 4.78 is 29.2. The summed E-state index contributed by atoms with van der Waals surface area (Å²) in [5.41, 5.74) is 5.67. The first kappa shape index (κ1) is 16.0. The van der Waals surface area contributed by atoms with Crippen molar-refractivity contribution in [1.82, 2.24) is 4.90 Å². The van der Waals surface area contributed by atoms with E-state index in [4.69, 9.17) is 17.3 Å². The minimum absolute atomic E-state index is 0.0639. The zero-order chi connectivity index (χ0) is 15.4. The van der Waals surface area contributed by atoms with Crippen molar-refractivity contribution < 1.29 is 18.3 Å². The van der Waals surface area contributed by atoms with Gasteiger partial charge >= 0.3 is 6.61 Å². The molecule has 0 aliphatic carbocycles. The van der Waals surface area contributed by atoms with Crippen molar-refractivity contribution in [2.75, 3.05) is 19.6 Å². The molecule has 4 nitrogen and oxygen atoms in total. The van der Waals surface area contributed by atoms with E-state index in [1.165, 1.54) is 18.2 Å². The highest BCUT2D eigenvalue weighted by Gasteiger charge is 2.25. The number of carbonyl (C=O) groups excluding carboxylic acids is 1. The fourth-order valence-corrected chi connectivity index (χ4v) is 2.58. The van der Waals surface area contributed by atoms with Crippen molar-refractivity contribution in [3.8, 4) is 5.75 Å². The molecule has 2 rings (SSSR count). The quantitative estimate of drug-likeness (QED) is 0.928. The van der Waals surface area contributed by atoms with E-state index in [0.29, 0.717) is 30.6 Å². The van der Waals surface area contributed by atoms with Crippen LogP contribution in [0.25, 0.3) is 0 Å². The lowest BCUT2D eigenvalue weighted by atomic mass is 9.96. The Labute approximate surface area is 126 Å². The molecule has 0 bridgehead atoms. The van der Waals surface area contributed by atoms with Crippen molar-refractivity contribution in [2.45, 2.75) is 19.5 Å². The summed E-state index contributed by atoms with van der Waals surface area (Å²) in [6, 6.07) is 4.06. The Balaban J connectivity index is 2.16. The van der Waals surface area contributed by atoms with Gasteiger partial charge in [-0.15, -0.1) is 0 Å². The van der Waals surface area contributed by atoms with E-state index >= 15 is 0 Å². The topological polar surface area (TPSA) is 55.6 Å². The largest absolute Gasteiger partial charge is 0.434 e. The maximum Gasteiger partial charge on any atom is 0.387 e. The van der Waals surface area contributed by atoms with Crippen molar-refractivity contribution in [3.05, 3.63) is 28.8 Å². The Morgan fingerprint density at radius 2 is 2.10 bits per heavy atom. The van der Waals surface area contributed by atoms with Gasteiger partial charge in [-0.25, -0.2) is 0 Å². The summed E-state index contributed by atoms with van der Waals surface area (Å²) in [5, 5.41) is 0.303. The van der Waals surface area contributed by atoms with Gasteiger partial charge in [0.2, 0.25) is 0 Å². The SMILES string of the molecule is NCC1CCN(C(=O)c2cc(Cl)ccc2OC(F)F)CC1. The molecule has 1 saturated heterocycles. The lowest BCUT2D eigenvalue weighted by molar-refractivity contribution is -0.0503. The average Bonchev–Trinajstić information content (AvgIpc) is 2.48. The van der Waals surface area contributed by atoms with Crippen LogP contribution in [0.2, 0.25) is 5.02 Å². The first-order valence-electron chi connectivity index (χ1n) is 6.75. The molecule has 0 aromatic heterocycles. The zero-order valence-electron chi connectivity index (χ0n) is 11.4. The predicted molar refractivity (Wildman–Crippen MR) is 75.8 cm³/mol. The lowest BCUT2D eigenvalue weighted by Gasteiger charge is -2.31. The molecule has 0 saturated carbocycles. The Kier molecular flexibility index (Phi) is 5.36. The fourth-order valence-electron chi connectivity index (χ4n) is 2.41. The second-order valence-corrected chi connectivity index (χ2v) is 5.43. The third-order valence-corrected chi connectivity index (χ3v) is 3.86. The number of amides is 1. The first-order chi connectivity index (χ1) is 10.0. The van der Waals surface area contributed by atoms with Gasteiger partial charge in [-0.2, -0.15) is 8.78 Å². The molecule has 116 valence electrons. The number of alkyl halides is 2. The summed E-state index contributed by atoms with van der Waals surface area (Å²) in [6.07, 6.45) is 1.63. The van der Waals surface area contributed by atoms with Gasteiger partial charge in [0.1, 0.15) is 5.75 Å². The lowest BCUT2D eigenvalue weighted by Crippen LogP contribution is -2.40. The molecule has 0 atom stereocenters. The molecule has 7 heteroatoms. The summed E-state index contributed by atoms with van der Waals surface area (Å²) in [5.74, 6) is -0.0887. The minimum atomic E-state index is -2.99. The van der Waals surface area contributed by atoms with E-state index in [1.54, 1.807) is 4.90 Å². The van der Waals surface area contributed by atoms with Crippen molar-refractivity contribution >= 4 is 17.5 Å². The van der Waals surface area contributed by atoms with Crippen LogP contribution in [0.5, 0.6) is 5.75 Å². The van der Waals surface area contributed by atoms with Crippen molar-refractivity contribution in [1.29, 1.82) is 0 Å². The second kappa shape index (κ2) is 7.04. The molecule has 1 amide bonds. The highest BCUT2D eigenvalue weighted by Crippen LogP contribution is 2.27. The van der Waals surface area contributed by atoms with Crippen LogP contribution < -0.4 is 10.5 Å². The predicted octanol–water partition coefficient (Wildman–Crippen LogP) is 2.75. The molecule has 0 radical (unpaired) electrons. The third kappa shape index (κ3) is 4.04. The summed E-state index contributed by atoms with van der Waals surface area (Å²) >= 11 is 5.85. The van der Waals surface area contributed by atoms with E-state index in [9.17, 15) is 13.6 Å². The molecule has 21 heavy (non-hydrogen) atoms. The normalized spacial score (nSPS) is 16.3. The smallest absolute Gasteiger partial charge is 0.387 e. The number of piperidine rings is 1. The molecule has 1 aliphatic heterocycles. The number of hydrogen-bond donors (Lipinski definition) is 1. The van der Waals surface area contributed by atoms with Crippen LogP contribution in [0.15, 0.2) is 18.2 Å². The van der Waals surface area contributed by atoms with Gasteiger partial charge < -0.3 is 15.4 Å². The molecule has 1 fully saturated rings. The summed E-state index contributed by atoms with van der Waals surface area (Å²) in [6.45, 7) is -1.28. The van der Waals surface area contributed by atoms with Crippen LogP contribution >= 0.6 is 11.6 Å². The van der Waals surface area contributed by atoms with Gasteiger partial charge in [0.25, 0.3) is 5.91 Å². The minimum Gasteiger partial charge on any atom is -0.434 e. The molecule has 1 aromatic rings. The van der Waals surface area contributed by atoms with E-state index < -0.39 is 6.61 Å². The van der Waals surface area contributed by atoms with E-state index in [2.05, 4.69) is 4.74 Å². The van der Waals surface area contributed by atoms with E-state index in [-0.39, 0.29) is 17.2 Å². The maximum absolute atomic E-state index is 12.5. The molecule has 0 unspecified atom stereocenters. The number of halogens is 3. The highest BCUT2D eigenvalue weighted by atomic mass is 35.5. The molecule has 2 N–H and O–H groups in total. The van der Waals surface area contributed by atoms with Crippen LogP contribution in [-0.2, 0) is 0 Å². The number of hydrogen-bond acceptors (Lipinski definition) is 3. The Morgan fingerprint density at radius 1 is 1.43 bits per heavy atom. The number of nitrogens with zero attached hydrogens (tertiary/aromatic N) is 1. The molecule has 0 spiro atoms. The number of carbonyl (C=O) groups is 1. The molecular weight excluding hydrogens is 302 g/mol. The maximum atomic E-state index is 12.5. The van der Waals surface area contributed by atoms with Gasteiger partial charge in [-0.1, -0.05) is 11.6 Å². The first-order valence-corrected chi connectivity index (χ1v) is 7.12. The van der Waals surface area contributed by atoms with Crippen LogP contribution in [0.3, 0.4) is 0 Å². The molecule has 1 heterocycles. The van der Waals surface area contributed by atoms with Gasteiger partial charge in [0.15, 0.2) is 0 Å². The highest BCUT2D eigenvalue weighted by molar-refractivity contribution is 6.31. The van der Waals surface area contributed by atoms with Crippen LogP contribution in [0.4, 0.5) is 8.78 Å². The summed E-state index contributed by atoms with van der Waals surface area (Å²) in [7, 11) is 0. The van der Waals surface area contributed by atoms with Gasteiger partial charge in [0, 0.05) is 18.1 Å². The monoisotopic (exact) mass is 318 g/mol. The zero-order valence-corrected chi connectivity index (χ0v) is 12.2. The van der Waals surface area contributed by atoms with Crippen LogP contribution in [0, 0.1) is 5.92 Å². The number of likely N-dealkylation sites (tertiary alicyclic amines) is 1. The molecular formula is C14H17ClF2N2O2. The van der Waals surface area contributed by atoms with Gasteiger partial charge in [-0.3, -0.25) is 4.79 Å². The second-order valence-electron chi connectivity index (χ2n) is 4.99. The van der Waals surface area contributed by atoms with Gasteiger partial charge in [-0.05, 0) is 43.5 Å². The third-order valence-electron chi connectivity index (χ3n) is 3.62. The van der Waals surface area contributed by atoms with E-state index in [0.717, 1.165) is 12.8 Å². The van der Waals surface area contributed by atoms with Crippen molar-refractivity contribution in [2.24, 2.45) is 11.7 Å².